The van der Waals surface area contributed by atoms with Gasteiger partial charge in [-0.3, -0.25) is 0 Å². The van der Waals surface area contributed by atoms with E-state index in [1.807, 2.05) is 0 Å². The van der Waals surface area contributed by atoms with E-state index in [4.69, 9.17) is 5.11 Å². The Morgan fingerprint density at radius 3 is 2.80 bits per heavy atom. The average molecular weight is 210 g/mol. The number of hydrogen-bond donors (Lipinski definition) is 2. The fourth-order valence-electron chi connectivity index (χ4n) is 1.24. The Bertz CT molecular complexity index is 317. The molecule has 0 aliphatic heterocycles. The normalized spacial score (nSPS) is 23.9. The van der Waals surface area contributed by atoms with E-state index in [0.717, 1.165) is 0 Å². The maximum atomic E-state index is 11.4. The summed E-state index contributed by atoms with van der Waals surface area (Å²) in [6, 6.07) is 0. The summed E-state index contributed by atoms with van der Waals surface area (Å²) in [7, 11) is 0. The molecule has 0 saturated heterocycles. The van der Waals surface area contributed by atoms with Crippen LogP contribution in [-0.2, 0) is 9.53 Å². The summed E-state index contributed by atoms with van der Waals surface area (Å²) in [5.41, 5.74) is -1.38. The van der Waals surface area contributed by atoms with Crippen molar-refractivity contribution >= 4 is 5.97 Å². The van der Waals surface area contributed by atoms with Crippen molar-refractivity contribution in [2.45, 2.75) is 12.0 Å². The van der Waals surface area contributed by atoms with Crippen LogP contribution in [0.25, 0.3) is 0 Å². The second kappa shape index (κ2) is 4.91. The fraction of sp³-hybridized carbons (Fsp3) is 0.364. The van der Waals surface area contributed by atoms with E-state index >= 15 is 0 Å². The molecule has 2 N–H and O–H groups in total. The van der Waals surface area contributed by atoms with Crippen molar-refractivity contribution in [2.75, 3.05) is 13.2 Å². The lowest BCUT2D eigenvalue weighted by atomic mass is 9.88. The molecule has 82 valence electrons. The summed E-state index contributed by atoms with van der Waals surface area (Å²) < 4.78 is 4.66. The quantitative estimate of drug-likeness (QED) is 0.518. The number of allylic oxidation sites excluding steroid dienone is 2. The van der Waals surface area contributed by atoms with Crippen molar-refractivity contribution in [3.63, 3.8) is 0 Å². The smallest absolute Gasteiger partial charge is 0.336 e. The van der Waals surface area contributed by atoms with Crippen LogP contribution < -0.4 is 0 Å². The second-order valence-corrected chi connectivity index (χ2v) is 3.25. The van der Waals surface area contributed by atoms with E-state index in [-0.39, 0.29) is 18.8 Å². The lowest BCUT2D eigenvalue weighted by molar-refractivity contribution is -0.141. The van der Waals surface area contributed by atoms with Crippen molar-refractivity contribution < 1.29 is 19.7 Å². The molecule has 0 aromatic carbocycles. The molecular weight excluding hydrogens is 196 g/mol. The first kappa shape index (κ1) is 11.7. The summed E-state index contributed by atoms with van der Waals surface area (Å²) >= 11 is 0. The molecule has 0 spiro atoms. The highest BCUT2D eigenvalue weighted by Gasteiger charge is 2.32. The van der Waals surface area contributed by atoms with Crippen molar-refractivity contribution in [1.29, 1.82) is 0 Å². The molecule has 1 rings (SSSR count). The van der Waals surface area contributed by atoms with E-state index in [0.29, 0.717) is 6.42 Å². The highest BCUT2D eigenvalue weighted by molar-refractivity contribution is 5.90. The van der Waals surface area contributed by atoms with Crippen LogP contribution in [0.2, 0.25) is 0 Å². The number of ether oxygens (including phenoxy) is 1. The van der Waals surface area contributed by atoms with E-state index in [1.54, 1.807) is 18.2 Å². The summed E-state index contributed by atoms with van der Waals surface area (Å²) in [6.45, 7) is 3.18. The third-order valence-corrected chi connectivity index (χ3v) is 2.14. The molecular formula is C11H14O4. The fourth-order valence-corrected chi connectivity index (χ4v) is 1.24. The van der Waals surface area contributed by atoms with E-state index < -0.39 is 11.6 Å². The third-order valence-electron chi connectivity index (χ3n) is 2.14. The number of aliphatic hydroxyl groups is 2. The van der Waals surface area contributed by atoms with Crippen LogP contribution in [0, 0.1) is 0 Å². The molecule has 1 unspecified atom stereocenters. The van der Waals surface area contributed by atoms with Crippen molar-refractivity contribution in [3.8, 4) is 0 Å². The van der Waals surface area contributed by atoms with E-state index in [2.05, 4.69) is 11.3 Å². The van der Waals surface area contributed by atoms with Gasteiger partial charge in [-0.05, 0) is 6.08 Å². The molecule has 4 nitrogen and oxygen atoms in total. The first-order chi connectivity index (χ1) is 7.10. The molecule has 0 saturated carbocycles. The standard InChI is InChI=1S/C11H14O4/c1-9(10(13)15-8-7-12)11(14)5-3-2-4-6-11/h2-5,12,14H,1,6-8H2. The maximum absolute atomic E-state index is 11.4. The molecule has 4 heteroatoms. The minimum Gasteiger partial charge on any atom is -0.460 e. The van der Waals surface area contributed by atoms with Gasteiger partial charge < -0.3 is 14.9 Å². The zero-order valence-electron chi connectivity index (χ0n) is 8.35. The van der Waals surface area contributed by atoms with Gasteiger partial charge in [-0.15, -0.1) is 0 Å². The first-order valence-electron chi connectivity index (χ1n) is 4.64. The molecule has 0 aromatic heterocycles. The van der Waals surface area contributed by atoms with Gasteiger partial charge >= 0.3 is 5.97 Å². The highest BCUT2D eigenvalue weighted by Crippen LogP contribution is 2.25. The van der Waals surface area contributed by atoms with Gasteiger partial charge in [-0.2, -0.15) is 0 Å². The van der Waals surface area contributed by atoms with Crippen molar-refractivity contribution in [3.05, 3.63) is 36.5 Å². The number of carbonyl (C=O) groups is 1. The largest absolute Gasteiger partial charge is 0.460 e. The van der Waals surface area contributed by atoms with Gasteiger partial charge in [-0.1, -0.05) is 24.8 Å². The van der Waals surface area contributed by atoms with Gasteiger partial charge in [0.15, 0.2) is 0 Å². The molecule has 0 aromatic rings. The Labute approximate surface area is 88.2 Å². The Morgan fingerprint density at radius 2 is 2.27 bits per heavy atom. The third kappa shape index (κ3) is 2.78. The number of hydrogen-bond acceptors (Lipinski definition) is 4. The lowest BCUT2D eigenvalue weighted by Crippen LogP contribution is -2.33. The van der Waals surface area contributed by atoms with Gasteiger partial charge in [0.05, 0.1) is 12.2 Å². The van der Waals surface area contributed by atoms with Crippen LogP contribution in [0.5, 0.6) is 0 Å². The van der Waals surface area contributed by atoms with Crippen LogP contribution in [0.4, 0.5) is 0 Å². The summed E-state index contributed by atoms with van der Waals surface area (Å²) in [5, 5.41) is 18.5. The van der Waals surface area contributed by atoms with Gasteiger partial charge in [0.25, 0.3) is 0 Å². The number of esters is 1. The molecule has 1 aliphatic carbocycles. The molecule has 0 fully saturated rings. The predicted molar refractivity (Wildman–Crippen MR) is 55.0 cm³/mol. The van der Waals surface area contributed by atoms with Gasteiger partial charge in [-0.25, -0.2) is 4.79 Å². The monoisotopic (exact) mass is 210 g/mol. The van der Waals surface area contributed by atoms with E-state index in [9.17, 15) is 9.90 Å². The van der Waals surface area contributed by atoms with Crippen LogP contribution in [0.1, 0.15) is 6.42 Å². The molecule has 0 bridgehead atoms. The SMILES string of the molecule is C=C(C(=O)OCCO)C1(O)C=CC=CC1. The molecule has 1 aliphatic rings. The van der Waals surface area contributed by atoms with Gasteiger partial charge in [0, 0.05) is 6.42 Å². The van der Waals surface area contributed by atoms with Gasteiger partial charge in [0.2, 0.25) is 0 Å². The summed E-state index contributed by atoms with van der Waals surface area (Å²) in [4.78, 5) is 11.4. The molecule has 15 heavy (non-hydrogen) atoms. The van der Waals surface area contributed by atoms with Crippen molar-refractivity contribution in [1.82, 2.24) is 0 Å². The Morgan fingerprint density at radius 1 is 1.53 bits per heavy atom. The molecule has 0 radical (unpaired) electrons. The molecule has 0 heterocycles. The zero-order chi connectivity index (χ0) is 11.3. The first-order valence-corrected chi connectivity index (χ1v) is 4.64. The van der Waals surface area contributed by atoms with Gasteiger partial charge in [0.1, 0.15) is 12.2 Å². The van der Waals surface area contributed by atoms with Crippen LogP contribution in [-0.4, -0.2) is 35.0 Å². The Kier molecular flexibility index (Phi) is 3.82. The second-order valence-electron chi connectivity index (χ2n) is 3.25. The summed E-state index contributed by atoms with van der Waals surface area (Å²) in [6.07, 6.45) is 6.96. The van der Waals surface area contributed by atoms with Crippen LogP contribution in [0.15, 0.2) is 36.5 Å². The van der Waals surface area contributed by atoms with Crippen LogP contribution >= 0.6 is 0 Å². The minimum absolute atomic E-state index is 0.0171. The zero-order valence-corrected chi connectivity index (χ0v) is 8.35. The molecule has 0 amide bonds. The predicted octanol–water partition coefficient (Wildman–Crippen LogP) is 0.325. The number of rotatable bonds is 4. The Hall–Kier alpha value is -1.39. The lowest BCUT2D eigenvalue weighted by Gasteiger charge is -2.25. The molecule has 1 atom stereocenters. The summed E-state index contributed by atoms with van der Waals surface area (Å²) in [5.74, 6) is -0.688. The number of aliphatic hydroxyl groups excluding tert-OH is 1. The topological polar surface area (TPSA) is 66.8 Å². The average Bonchev–Trinajstić information content (AvgIpc) is 2.26. The Balaban J connectivity index is 2.63. The number of carbonyl (C=O) groups excluding carboxylic acids is 1. The van der Waals surface area contributed by atoms with Crippen LogP contribution in [0.3, 0.4) is 0 Å². The highest BCUT2D eigenvalue weighted by atomic mass is 16.5. The minimum atomic E-state index is -1.36. The van der Waals surface area contributed by atoms with E-state index in [1.165, 1.54) is 6.08 Å². The van der Waals surface area contributed by atoms with Crippen molar-refractivity contribution in [2.24, 2.45) is 0 Å². The maximum Gasteiger partial charge on any atom is 0.336 e.